The van der Waals surface area contributed by atoms with Gasteiger partial charge in [-0.25, -0.2) is 17.5 Å². The zero-order valence-electron chi connectivity index (χ0n) is 13.0. The summed E-state index contributed by atoms with van der Waals surface area (Å²) in [6.45, 7) is 1.73. The highest BCUT2D eigenvalue weighted by Gasteiger charge is 2.19. The van der Waals surface area contributed by atoms with Crippen LogP contribution >= 0.6 is 11.6 Å². The molecule has 1 amide bonds. The van der Waals surface area contributed by atoms with Crippen molar-refractivity contribution in [3.63, 3.8) is 0 Å². The third-order valence-electron chi connectivity index (χ3n) is 3.48. The smallest absolute Gasteiger partial charge is 0.254 e. The molecular weight excluding hydrogens is 355 g/mol. The molecule has 0 saturated carbocycles. The molecule has 5 nitrogen and oxygen atoms in total. The first kappa shape index (κ1) is 18.4. The maximum Gasteiger partial charge on any atom is 0.254 e. The molecule has 0 aromatic heterocycles. The van der Waals surface area contributed by atoms with Crippen LogP contribution in [0, 0.1) is 5.82 Å². The van der Waals surface area contributed by atoms with Gasteiger partial charge >= 0.3 is 0 Å². The second kappa shape index (κ2) is 7.29. The van der Waals surface area contributed by atoms with Crippen LogP contribution in [-0.4, -0.2) is 21.4 Å². The van der Waals surface area contributed by atoms with E-state index in [9.17, 15) is 17.6 Å². The highest BCUT2D eigenvalue weighted by atomic mass is 35.5. The van der Waals surface area contributed by atoms with Crippen molar-refractivity contribution in [2.45, 2.75) is 17.9 Å². The molecule has 0 aliphatic rings. The Bertz CT molecular complexity index is 854. The van der Waals surface area contributed by atoms with E-state index >= 15 is 0 Å². The number of nitrogens with one attached hydrogen (secondary N) is 2. The molecule has 2 rings (SSSR count). The molecule has 2 N–H and O–H groups in total. The minimum atomic E-state index is -3.77. The van der Waals surface area contributed by atoms with Crippen LogP contribution in [0.3, 0.4) is 0 Å². The van der Waals surface area contributed by atoms with Gasteiger partial charge in [-0.15, -0.1) is 0 Å². The largest absolute Gasteiger partial charge is 0.345 e. The van der Waals surface area contributed by atoms with E-state index in [1.165, 1.54) is 7.05 Å². The molecule has 2 aromatic rings. The van der Waals surface area contributed by atoms with Gasteiger partial charge in [-0.2, -0.15) is 0 Å². The molecular formula is C16H16ClFN2O3S. The van der Waals surface area contributed by atoms with Crippen LogP contribution in [0.5, 0.6) is 0 Å². The number of benzene rings is 2. The Morgan fingerprint density at radius 1 is 1.17 bits per heavy atom. The lowest BCUT2D eigenvalue weighted by Gasteiger charge is -2.15. The van der Waals surface area contributed by atoms with Gasteiger partial charge in [-0.3, -0.25) is 4.79 Å². The van der Waals surface area contributed by atoms with E-state index in [0.717, 1.165) is 23.8 Å². The van der Waals surface area contributed by atoms with Crippen molar-refractivity contribution in [1.82, 2.24) is 10.0 Å². The lowest BCUT2D eigenvalue weighted by molar-refractivity contribution is 0.0935. The van der Waals surface area contributed by atoms with E-state index in [2.05, 4.69) is 10.0 Å². The molecule has 0 heterocycles. The highest BCUT2D eigenvalue weighted by Crippen LogP contribution is 2.19. The van der Waals surface area contributed by atoms with Gasteiger partial charge in [0.25, 0.3) is 5.91 Å². The van der Waals surface area contributed by atoms with Crippen molar-refractivity contribution in [2.24, 2.45) is 0 Å². The Morgan fingerprint density at radius 2 is 1.79 bits per heavy atom. The summed E-state index contributed by atoms with van der Waals surface area (Å²) in [7, 11) is -2.53. The molecule has 1 atom stereocenters. The summed E-state index contributed by atoms with van der Waals surface area (Å²) in [5.74, 6) is -1.51. The van der Waals surface area contributed by atoms with Gasteiger partial charge in [0.2, 0.25) is 10.0 Å². The molecule has 0 spiro atoms. The fourth-order valence-corrected chi connectivity index (χ4v) is 2.95. The Balaban J connectivity index is 2.26. The Labute approximate surface area is 144 Å². The topological polar surface area (TPSA) is 75.3 Å². The van der Waals surface area contributed by atoms with Crippen LogP contribution in [0.25, 0.3) is 0 Å². The summed E-state index contributed by atoms with van der Waals surface area (Å²) in [6, 6.07) is 9.49. The monoisotopic (exact) mass is 370 g/mol. The Morgan fingerprint density at radius 3 is 2.38 bits per heavy atom. The van der Waals surface area contributed by atoms with Crippen LogP contribution in [-0.2, 0) is 10.0 Å². The maximum absolute atomic E-state index is 13.9. The number of carbonyl (C=O) groups excluding carboxylic acids is 1. The minimum Gasteiger partial charge on any atom is -0.345 e. The number of hydrogen-bond donors (Lipinski definition) is 2. The number of halogens is 2. The van der Waals surface area contributed by atoms with Crippen molar-refractivity contribution in [1.29, 1.82) is 0 Å². The van der Waals surface area contributed by atoms with Crippen LogP contribution < -0.4 is 10.0 Å². The van der Waals surface area contributed by atoms with Gasteiger partial charge in [-0.1, -0.05) is 23.7 Å². The lowest BCUT2D eigenvalue weighted by atomic mass is 10.1. The van der Waals surface area contributed by atoms with Crippen LogP contribution in [0.15, 0.2) is 47.4 Å². The second-order valence-corrected chi connectivity index (χ2v) is 7.42. The predicted molar refractivity (Wildman–Crippen MR) is 90.0 cm³/mol. The number of hydrogen-bond acceptors (Lipinski definition) is 3. The molecule has 0 saturated heterocycles. The molecule has 24 heavy (non-hydrogen) atoms. The van der Waals surface area contributed by atoms with E-state index in [4.69, 9.17) is 11.6 Å². The molecule has 0 aliphatic carbocycles. The molecule has 128 valence electrons. The van der Waals surface area contributed by atoms with Crippen LogP contribution in [0.1, 0.15) is 28.9 Å². The summed E-state index contributed by atoms with van der Waals surface area (Å²) in [5, 5.41) is 3.20. The third-order valence-corrected chi connectivity index (χ3v) is 5.14. The second-order valence-electron chi connectivity index (χ2n) is 5.10. The van der Waals surface area contributed by atoms with Gasteiger partial charge in [0.15, 0.2) is 0 Å². The summed E-state index contributed by atoms with van der Waals surface area (Å²) >= 11 is 5.81. The van der Waals surface area contributed by atoms with Crippen molar-refractivity contribution >= 4 is 27.5 Å². The summed E-state index contributed by atoms with van der Waals surface area (Å²) in [4.78, 5) is 12.1. The molecule has 0 radical (unpaired) electrons. The van der Waals surface area contributed by atoms with Crippen LogP contribution in [0.4, 0.5) is 4.39 Å². The molecule has 2 aromatic carbocycles. The normalized spacial score (nSPS) is 12.7. The quantitative estimate of drug-likeness (QED) is 0.849. The standard InChI is InChI=1S/C16H16ClFN2O3S/c1-10(11-3-5-12(17)6-4-11)20-16(21)14-9-13(7-8-15(14)18)24(22,23)19-2/h3-10,19H,1-2H3,(H,20,21). The van der Waals surface area contributed by atoms with E-state index in [-0.39, 0.29) is 10.5 Å². The van der Waals surface area contributed by atoms with Gasteiger partial charge < -0.3 is 5.32 Å². The average Bonchev–Trinajstić information content (AvgIpc) is 2.55. The molecule has 8 heteroatoms. The number of sulfonamides is 1. The van der Waals surface area contributed by atoms with Gasteiger partial charge in [0.05, 0.1) is 16.5 Å². The SMILES string of the molecule is CNS(=O)(=O)c1ccc(F)c(C(=O)NC(C)c2ccc(Cl)cc2)c1. The van der Waals surface area contributed by atoms with E-state index < -0.39 is 27.8 Å². The van der Waals surface area contributed by atoms with Gasteiger partial charge in [0.1, 0.15) is 5.82 Å². The first-order chi connectivity index (χ1) is 11.2. The van der Waals surface area contributed by atoms with Gasteiger partial charge in [-0.05, 0) is 49.9 Å². The van der Waals surface area contributed by atoms with Crippen molar-refractivity contribution in [3.05, 3.63) is 64.4 Å². The first-order valence-electron chi connectivity index (χ1n) is 7.04. The van der Waals surface area contributed by atoms with Crippen LogP contribution in [0.2, 0.25) is 5.02 Å². The summed E-state index contributed by atoms with van der Waals surface area (Å²) < 4.78 is 39.6. The summed E-state index contributed by atoms with van der Waals surface area (Å²) in [5.41, 5.74) is 0.444. The number of amides is 1. The molecule has 0 bridgehead atoms. The lowest BCUT2D eigenvalue weighted by Crippen LogP contribution is -2.28. The van der Waals surface area contributed by atoms with Crippen molar-refractivity contribution in [2.75, 3.05) is 7.05 Å². The van der Waals surface area contributed by atoms with E-state index in [1.54, 1.807) is 31.2 Å². The van der Waals surface area contributed by atoms with Crippen molar-refractivity contribution in [3.8, 4) is 0 Å². The third kappa shape index (κ3) is 4.11. The maximum atomic E-state index is 13.9. The average molecular weight is 371 g/mol. The Kier molecular flexibility index (Phi) is 5.58. The fraction of sp³-hybridized carbons (Fsp3) is 0.188. The molecule has 1 unspecified atom stereocenters. The minimum absolute atomic E-state index is 0.185. The zero-order valence-corrected chi connectivity index (χ0v) is 14.6. The predicted octanol–water partition coefficient (Wildman–Crippen LogP) is 2.88. The summed E-state index contributed by atoms with van der Waals surface area (Å²) in [6.07, 6.45) is 0. The van der Waals surface area contributed by atoms with Gasteiger partial charge in [0, 0.05) is 5.02 Å². The highest BCUT2D eigenvalue weighted by molar-refractivity contribution is 7.89. The van der Waals surface area contributed by atoms with E-state index in [1.807, 2.05) is 0 Å². The molecule has 0 fully saturated rings. The first-order valence-corrected chi connectivity index (χ1v) is 8.90. The molecule has 0 aliphatic heterocycles. The fourth-order valence-electron chi connectivity index (χ4n) is 2.07. The number of rotatable bonds is 5. The zero-order chi connectivity index (χ0) is 17.9. The van der Waals surface area contributed by atoms with E-state index in [0.29, 0.717) is 5.02 Å². The number of carbonyl (C=O) groups is 1. The van der Waals surface area contributed by atoms with Crippen molar-refractivity contribution < 1.29 is 17.6 Å². The Hall–Kier alpha value is -1.96.